The Balaban J connectivity index is 2.45. The van der Waals surface area contributed by atoms with Gasteiger partial charge < -0.3 is 10.6 Å². The fraction of sp³-hybridized carbons (Fsp3) is 0.571. The number of benzene rings is 1. The third-order valence-corrected chi connectivity index (χ3v) is 3.48. The maximum absolute atomic E-state index is 5.69. The maximum Gasteiger partial charge on any atom is 0.0437 e. The molecule has 2 nitrogen and oxygen atoms in total. The van der Waals surface area contributed by atoms with Crippen molar-refractivity contribution in [3.05, 3.63) is 29.3 Å². The Labute approximate surface area is 98.4 Å². The van der Waals surface area contributed by atoms with E-state index < -0.39 is 0 Å². The van der Waals surface area contributed by atoms with Crippen LogP contribution in [-0.2, 0) is 6.42 Å². The lowest BCUT2D eigenvalue weighted by Gasteiger charge is -2.26. The molecule has 88 valence electrons. The molecule has 1 heterocycles. The monoisotopic (exact) mass is 218 g/mol. The van der Waals surface area contributed by atoms with E-state index in [0.717, 1.165) is 19.5 Å². The number of hydrogen-bond acceptors (Lipinski definition) is 2. The quantitative estimate of drug-likeness (QED) is 0.844. The van der Waals surface area contributed by atoms with Crippen molar-refractivity contribution in [3.8, 4) is 0 Å². The average Bonchev–Trinajstić information content (AvgIpc) is 2.58. The molecule has 1 unspecified atom stereocenters. The van der Waals surface area contributed by atoms with Gasteiger partial charge in [0.25, 0.3) is 0 Å². The second-order valence-electron chi connectivity index (χ2n) is 5.04. The first-order chi connectivity index (χ1) is 7.65. The SMILES string of the molecule is CC1CN(C(C)C)c2c(CCN)cccc21. The summed E-state index contributed by atoms with van der Waals surface area (Å²) < 4.78 is 0. The zero-order valence-electron chi connectivity index (χ0n) is 10.5. The normalized spacial score (nSPS) is 19.3. The zero-order chi connectivity index (χ0) is 11.7. The molecule has 0 amide bonds. The molecule has 0 radical (unpaired) electrons. The molecule has 0 saturated carbocycles. The van der Waals surface area contributed by atoms with Crippen molar-refractivity contribution in [2.24, 2.45) is 5.73 Å². The summed E-state index contributed by atoms with van der Waals surface area (Å²) >= 11 is 0. The molecule has 0 fully saturated rings. The molecule has 2 N–H and O–H groups in total. The Morgan fingerprint density at radius 2 is 2.19 bits per heavy atom. The van der Waals surface area contributed by atoms with E-state index in [4.69, 9.17) is 5.73 Å². The van der Waals surface area contributed by atoms with Crippen molar-refractivity contribution in [3.63, 3.8) is 0 Å². The molecule has 0 aliphatic carbocycles. The van der Waals surface area contributed by atoms with Crippen LogP contribution in [0.5, 0.6) is 0 Å². The van der Waals surface area contributed by atoms with E-state index >= 15 is 0 Å². The van der Waals surface area contributed by atoms with E-state index in [1.807, 2.05) is 0 Å². The minimum atomic E-state index is 0.572. The first kappa shape index (κ1) is 11.5. The molecular weight excluding hydrogens is 196 g/mol. The van der Waals surface area contributed by atoms with Gasteiger partial charge in [-0.3, -0.25) is 0 Å². The van der Waals surface area contributed by atoms with Crippen LogP contribution in [0.25, 0.3) is 0 Å². The predicted molar refractivity (Wildman–Crippen MR) is 70.1 cm³/mol. The third-order valence-electron chi connectivity index (χ3n) is 3.48. The Hall–Kier alpha value is -1.02. The van der Waals surface area contributed by atoms with Crippen LogP contribution in [0.2, 0.25) is 0 Å². The van der Waals surface area contributed by atoms with Crippen LogP contribution in [-0.4, -0.2) is 19.1 Å². The van der Waals surface area contributed by atoms with E-state index in [1.165, 1.54) is 16.8 Å². The van der Waals surface area contributed by atoms with E-state index in [9.17, 15) is 0 Å². The topological polar surface area (TPSA) is 29.3 Å². The Kier molecular flexibility index (Phi) is 3.20. The van der Waals surface area contributed by atoms with Gasteiger partial charge in [-0.2, -0.15) is 0 Å². The van der Waals surface area contributed by atoms with E-state index in [0.29, 0.717) is 12.0 Å². The summed E-state index contributed by atoms with van der Waals surface area (Å²) in [6.45, 7) is 8.72. The molecule has 2 rings (SSSR count). The van der Waals surface area contributed by atoms with Gasteiger partial charge in [0, 0.05) is 24.2 Å². The molecule has 0 bridgehead atoms. The zero-order valence-corrected chi connectivity index (χ0v) is 10.5. The van der Waals surface area contributed by atoms with Crippen molar-refractivity contribution in [1.82, 2.24) is 0 Å². The predicted octanol–water partition coefficient (Wildman–Crippen LogP) is 2.52. The highest BCUT2D eigenvalue weighted by Crippen LogP contribution is 2.39. The highest BCUT2D eigenvalue weighted by Gasteiger charge is 2.28. The van der Waals surface area contributed by atoms with Crippen LogP contribution in [0.1, 0.15) is 37.8 Å². The first-order valence-electron chi connectivity index (χ1n) is 6.23. The largest absolute Gasteiger partial charge is 0.368 e. The molecule has 0 aromatic heterocycles. The minimum absolute atomic E-state index is 0.572. The van der Waals surface area contributed by atoms with Crippen molar-refractivity contribution >= 4 is 5.69 Å². The van der Waals surface area contributed by atoms with Crippen molar-refractivity contribution in [1.29, 1.82) is 0 Å². The van der Waals surface area contributed by atoms with Gasteiger partial charge in [-0.05, 0) is 37.9 Å². The number of nitrogens with zero attached hydrogens (tertiary/aromatic N) is 1. The number of anilines is 1. The standard InChI is InChI=1S/C14H22N2/c1-10(2)16-9-11(3)13-6-4-5-12(7-8-15)14(13)16/h4-6,10-11H,7-9,15H2,1-3H3. The first-order valence-corrected chi connectivity index (χ1v) is 6.23. The maximum atomic E-state index is 5.69. The summed E-state index contributed by atoms with van der Waals surface area (Å²) in [6.07, 6.45) is 0.985. The van der Waals surface area contributed by atoms with Crippen LogP contribution in [0.15, 0.2) is 18.2 Å². The van der Waals surface area contributed by atoms with Crippen molar-refractivity contribution < 1.29 is 0 Å². The van der Waals surface area contributed by atoms with Gasteiger partial charge >= 0.3 is 0 Å². The molecule has 1 aliphatic rings. The minimum Gasteiger partial charge on any atom is -0.368 e. The summed E-state index contributed by atoms with van der Waals surface area (Å²) in [5, 5.41) is 0. The second-order valence-corrected chi connectivity index (χ2v) is 5.04. The highest BCUT2D eigenvalue weighted by atomic mass is 15.2. The number of nitrogens with two attached hydrogens (primary N) is 1. The van der Waals surface area contributed by atoms with E-state index in [1.54, 1.807) is 0 Å². The lowest BCUT2D eigenvalue weighted by molar-refractivity contribution is 0.668. The molecular formula is C14H22N2. The van der Waals surface area contributed by atoms with Gasteiger partial charge in [-0.1, -0.05) is 25.1 Å². The molecule has 1 aromatic rings. The molecule has 0 saturated heterocycles. The van der Waals surface area contributed by atoms with Gasteiger partial charge in [-0.15, -0.1) is 0 Å². The Bertz CT molecular complexity index is 371. The molecule has 1 aromatic carbocycles. The van der Waals surface area contributed by atoms with Gasteiger partial charge in [-0.25, -0.2) is 0 Å². The highest BCUT2D eigenvalue weighted by molar-refractivity contribution is 5.65. The van der Waals surface area contributed by atoms with E-state index in [2.05, 4.69) is 43.9 Å². The smallest absolute Gasteiger partial charge is 0.0437 e. The summed E-state index contributed by atoms with van der Waals surface area (Å²) in [7, 11) is 0. The molecule has 16 heavy (non-hydrogen) atoms. The van der Waals surface area contributed by atoms with Crippen LogP contribution in [0, 0.1) is 0 Å². The van der Waals surface area contributed by atoms with Gasteiger partial charge in [0.05, 0.1) is 0 Å². The second kappa shape index (κ2) is 4.46. The average molecular weight is 218 g/mol. The van der Waals surface area contributed by atoms with Gasteiger partial charge in [0.15, 0.2) is 0 Å². The summed E-state index contributed by atoms with van der Waals surface area (Å²) in [4.78, 5) is 2.52. The van der Waals surface area contributed by atoms with Crippen LogP contribution in [0.4, 0.5) is 5.69 Å². The summed E-state index contributed by atoms with van der Waals surface area (Å²) in [6, 6.07) is 7.23. The van der Waals surface area contributed by atoms with Crippen molar-refractivity contribution in [2.45, 2.75) is 39.2 Å². The lowest BCUT2D eigenvalue weighted by atomic mass is 9.99. The van der Waals surface area contributed by atoms with Crippen LogP contribution < -0.4 is 10.6 Å². The van der Waals surface area contributed by atoms with E-state index in [-0.39, 0.29) is 0 Å². The lowest BCUT2D eigenvalue weighted by Crippen LogP contribution is -2.30. The third kappa shape index (κ3) is 1.82. The fourth-order valence-corrected chi connectivity index (χ4v) is 2.67. The summed E-state index contributed by atoms with van der Waals surface area (Å²) in [5.41, 5.74) is 10.1. The van der Waals surface area contributed by atoms with Crippen LogP contribution in [0.3, 0.4) is 0 Å². The number of fused-ring (bicyclic) bond motifs is 1. The molecule has 0 spiro atoms. The fourth-order valence-electron chi connectivity index (χ4n) is 2.67. The van der Waals surface area contributed by atoms with Gasteiger partial charge in [0.1, 0.15) is 0 Å². The number of hydrogen-bond donors (Lipinski definition) is 1. The Morgan fingerprint density at radius 1 is 1.44 bits per heavy atom. The Morgan fingerprint density at radius 3 is 2.81 bits per heavy atom. The molecule has 2 heteroatoms. The molecule has 1 aliphatic heterocycles. The molecule has 1 atom stereocenters. The number of rotatable bonds is 3. The van der Waals surface area contributed by atoms with Crippen molar-refractivity contribution in [2.75, 3.05) is 18.0 Å². The van der Waals surface area contributed by atoms with Crippen LogP contribution >= 0.6 is 0 Å². The number of para-hydroxylation sites is 1. The summed E-state index contributed by atoms with van der Waals surface area (Å²) in [5.74, 6) is 0.648. The van der Waals surface area contributed by atoms with Gasteiger partial charge in [0.2, 0.25) is 0 Å².